The van der Waals surface area contributed by atoms with Gasteiger partial charge < -0.3 is 0 Å². The van der Waals surface area contributed by atoms with E-state index in [9.17, 15) is 4.79 Å². The molecule has 3 nitrogen and oxygen atoms in total. The first-order valence-electron chi connectivity index (χ1n) is 7.09. The number of allylic oxidation sites excluding steroid dienone is 1. The summed E-state index contributed by atoms with van der Waals surface area (Å²) in [7, 11) is 0. The van der Waals surface area contributed by atoms with E-state index in [1.165, 1.54) is 0 Å². The summed E-state index contributed by atoms with van der Waals surface area (Å²) in [6.45, 7) is 0. The van der Waals surface area contributed by atoms with Crippen molar-refractivity contribution in [2.45, 2.75) is 12.8 Å². The first kappa shape index (κ1) is 12.1. The number of hydrogen-bond donors (Lipinski definition) is 0. The van der Waals surface area contributed by atoms with Gasteiger partial charge in [0, 0.05) is 12.1 Å². The Morgan fingerprint density at radius 1 is 0.952 bits per heavy atom. The lowest BCUT2D eigenvalue weighted by molar-refractivity contribution is 0.930. The summed E-state index contributed by atoms with van der Waals surface area (Å²) < 4.78 is 1.77. The molecule has 2 heterocycles. The molecule has 0 radical (unpaired) electrons. The van der Waals surface area contributed by atoms with Crippen molar-refractivity contribution < 1.29 is 0 Å². The van der Waals surface area contributed by atoms with Gasteiger partial charge in [0.1, 0.15) is 5.82 Å². The smallest absolute Gasteiger partial charge is 0.265 e. The molecule has 2 aromatic carbocycles. The highest BCUT2D eigenvalue weighted by Crippen LogP contribution is 2.25. The van der Waals surface area contributed by atoms with Gasteiger partial charge in [0.25, 0.3) is 5.56 Å². The van der Waals surface area contributed by atoms with Gasteiger partial charge >= 0.3 is 0 Å². The maximum absolute atomic E-state index is 12.7. The van der Waals surface area contributed by atoms with Gasteiger partial charge in [-0.15, -0.1) is 0 Å². The van der Waals surface area contributed by atoms with Crippen LogP contribution in [0.25, 0.3) is 22.7 Å². The minimum absolute atomic E-state index is 0.0373. The fourth-order valence-electron chi connectivity index (χ4n) is 2.87. The zero-order valence-corrected chi connectivity index (χ0v) is 11.5. The van der Waals surface area contributed by atoms with E-state index in [2.05, 4.69) is 11.1 Å². The quantitative estimate of drug-likeness (QED) is 0.682. The van der Waals surface area contributed by atoms with Crippen molar-refractivity contribution in [3.05, 3.63) is 76.3 Å². The Balaban J connectivity index is 1.94. The molecule has 3 aromatic rings. The monoisotopic (exact) mass is 274 g/mol. The largest absolute Gasteiger partial charge is 0.268 e. The van der Waals surface area contributed by atoms with E-state index in [0.717, 1.165) is 35.4 Å². The molecule has 3 heteroatoms. The van der Waals surface area contributed by atoms with Crippen LogP contribution in [0.5, 0.6) is 0 Å². The minimum Gasteiger partial charge on any atom is -0.268 e. The van der Waals surface area contributed by atoms with Gasteiger partial charge in [-0.05, 0) is 30.2 Å². The Labute approximate surface area is 122 Å². The predicted molar refractivity (Wildman–Crippen MR) is 84.9 cm³/mol. The molecular weight excluding hydrogens is 260 g/mol. The topological polar surface area (TPSA) is 34.9 Å². The molecule has 0 spiro atoms. The van der Waals surface area contributed by atoms with E-state index >= 15 is 0 Å². The lowest BCUT2D eigenvalue weighted by atomic mass is 10.1. The van der Waals surface area contributed by atoms with Crippen molar-refractivity contribution in [3.63, 3.8) is 0 Å². The number of fused-ring (bicyclic) bond motifs is 2. The lowest BCUT2D eigenvalue weighted by Gasteiger charge is -2.07. The molecule has 0 saturated carbocycles. The SMILES string of the molecule is O=c1c2ccccc2nc2n1C(=Cc1ccccc1)CC2. The molecule has 0 fully saturated rings. The van der Waals surface area contributed by atoms with Crippen LogP contribution in [-0.4, -0.2) is 9.55 Å². The van der Waals surface area contributed by atoms with Crippen LogP contribution in [0.15, 0.2) is 59.4 Å². The van der Waals surface area contributed by atoms with Crippen LogP contribution in [0.3, 0.4) is 0 Å². The summed E-state index contributed by atoms with van der Waals surface area (Å²) in [5, 5.41) is 0.683. The van der Waals surface area contributed by atoms with Crippen molar-refractivity contribution >= 4 is 22.7 Å². The summed E-state index contributed by atoms with van der Waals surface area (Å²) in [6, 6.07) is 17.6. The molecule has 0 atom stereocenters. The lowest BCUT2D eigenvalue weighted by Crippen LogP contribution is -2.20. The molecule has 0 aliphatic carbocycles. The number of nitrogens with zero attached hydrogens (tertiary/aromatic N) is 2. The fraction of sp³-hybridized carbons (Fsp3) is 0.111. The van der Waals surface area contributed by atoms with Crippen LogP contribution in [0.2, 0.25) is 0 Å². The van der Waals surface area contributed by atoms with E-state index in [4.69, 9.17) is 0 Å². The number of aromatic nitrogens is 2. The average Bonchev–Trinajstić information content (AvgIpc) is 2.92. The molecule has 1 aromatic heterocycles. The van der Waals surface area contributed by atoms with Crippen LogP contribution in [0.1, 0.15) is 17.8 Å². The predicted octanol–water partition coefficient (Wildman–Crippen LogP) is 3.34. The van der Waals surface area contributed by atoms with Gasteiger partial charge in [0.2, 0.25) is 0 Å². The Kier molecular flexibility index (Phi) is 2.71. The maximum Gasteiger partial charge on any atom is 0.265 e. The van der Waals surface area contributed by atoms with Crippen molar-refractivity contribution in [3.8, 4) is 0 Å². The summed E-state index contributed by atoms with van der Waals surface area (Å²) >= 11 is 0. The third kappa shape index (κ3) is 1.98. The molecule has 4 rings (SSSR count). The van der Waals surface area contributed by atoms with Crippen molar-refractivity contribution in [2.75, 3.05) is 0 Å². The van der Waals surface area contributed by atoms with Crippen LogP contribution in [0.4, 0.5) is 0 Å². The van der Waals surface area contributed by atoms with E-state index in [0.29, 0.717) is 5.39 Å². The summed E-state index contributed by atoms with van der Waals surface area (Å²) in [6.07, 6.45) is 3.75. The highest BCUT2D eigenvalue weighted by molar-refractivity contribution is 5.80. The number of aryl methyl sites for hydroxylation is 1. The number of para-hydroxylation sites is 1. The molecule has 1 aliphatic heterocycles. The van der Waals surface area contributed by atoms with Gasteiger partial charge in [-0.25, -0.2) is 4.98 Å². The van der Waals surface area contributed by atoms with Crippen molar-refractivity contribution in [2.24, 2.45) is 0 Å². The molecule has 0 N–H and O–H groups in total. The molecule has 0 saturated heterocycles. The van der Waals surface area contributed by atoms with Crippen LogP contribution >= 0.6 is 0 Å². The molecule has 0 unspecified atom stereocenters. The second-order valence-electron chi connectivity index (χ2n) is 5.23. The van der Waals surface area contributed by atoms with Gasteiger partial charge in [-0.3, -0.25) is 9.36 Å². The normalized spacial score (nSPS) is 15.5. The number of benzene rings is 2. The zero-order valence-electron chi connectivity index (χ0n) is 11.5. The molecule has 21 heavy (non-hydrogen) atoms. The second-order valence-corrected chi connectivity index (χ2v) is 5.23. The Morgan fingerprint density at radius 2 is 1.71 bits per heavy atom. The number of hydrogen-bond acceptors (Lipinski definition) is 2. The molecular formula is C18H14N2O. The molecule has 102 valence electrons. The first-order valence-corrected chi connectivity index (χ1v) is 7.09. The van der Waals surface area contributed by atoms with Crippen LogP contribution in [-0.2, 0) is 6.42 Å². The second kappa shape index (κ2) is 4.70. The summed E-state index contributed by atoms with van der Waals surface area (Å²) in [5.41, 5.74) is 2.96. The van der Waals surface area contributed by atoms with Gasteiger partial charge in [-0.2, -0.15) is 0 Å². The van der Waals surface area contributed by atoms with E-state index in [1.54, 1.807) is 4.57 Å². The molecule has 1 aliphatic rings. The average molecular weight is 274 g/mol. The maximum atomic E-state index is 12.7. The third-order valence-electron chi connectivity index (χ3n) is 3.87. The van der Waals surface area contributed by atoms with E-state index < -0.39 is 0 Å². The third-order valence-corrected chi connectivity index (χ3v) is 3.87. The molecule has 0 bridgehead atoms. The Bertz CT molecular complexity index is 907. The zero-order chi connectivity index (χ0) is 14.2. The summed E-state index contributed by atoms with van der Waals surface area (Å²) in [5.74, 6) is 0.862. The molecule has 0 amide bonds. The van der Waals surface area contributed by atoms with Gasteiger partial charge in [0.15, 0.2) is 0 Å². The van der Waals surface area contributed by atoms with E-state index in [-0.39, 0.29) is 5.56 Å². The van der Waals surface area contributed by atoms with Gasteiger partial charge in [0.05, 0.1) is 10.9 Å². The van der Waals surface area contributed by atoms with Crippen molar-refractivity contribution in [1.29, 1.82) is 0 Å². The van der Waals surface area contributed by atoms with Gasteiger partial charge in [-0.1, -0.05) is 42.5 Å². The standard InChI is InChI=1S/C18H14N2O/c21-18-15-8-4-5-9-16(15)19-17-11-10-14(20(17)18)12-13-6-2-1-3-7-13/h1-9,12H,10-11H2. The van der Waals surface area contributed by atoms with Crippen LogP contribution in [0, 0.1) is 0 Å². The number of rotatable bonds is 1. The highest BCUT2D eigenvalue weighted by Gasteiger charge is 2.20. The Hall–Kier alpha value is -2.68. The fourth-order valence-corrected chi connectivity index (χ4v) is 2.87. The highest BCUT2D eigenvalue weighted by atomic mass is 16.1. The van der Waals surface area contributed by atoms with E-state index in [1.807, 2.05) is 54.6 Å². The summed E-state index contributed by atoms with van der Waals surface area (Å²) in [4.78, 5) is 17.3. The van der Waals surface area contributed by atoms with Crippen molar-refractivity contribution in [1.82, 2.24) is 9.55 Å². The van der Waals surface area contributed by atoms with Crippen LogP contribution < -0.4 is 5.56 Å². The minimum atomic E-state index is 0.0373. The first-order chi connectivity index (χ1) is 10.3. The Morgan fingerprint density at radius 3 is 2.57 bits per heavy atom.